The number of thiophene rings is 2. The van der Waals surface area contributed by atoms with Gasteiger partial charge >= 0.3 is 0 Å². The van der Waals surface area contributed by atoms with Crippen LogP contribution < -0.4 is 0 Å². The van der Waals surface area contributed by atoms with E-state index in [1.165, 1.54) is 78.6 Å². The van der Waals surface area contributed by atoms with Gasteiger partial charge in [0, 0.05) is 35.6 Å². The lowest BCUT2D eigenvalue weighted by atomic mass is 10.00. The van der Waals surface area contributed by atoms with Crippen molar-refractivity contribution >= 4 is 101 Å². The molecular weight excluding hydrogens is 609 g/mol. The third-order valence-corrected chi connectivity index (χ3v) is 12.1. The van der Waals surface area contributed by atoms with Gasteiger partial charge < -0.3 is 0 Å². The van der Waals surface area contributed by atoms with Crippen LogP contribution in [0.3, 0.4) is 0 Å². The summed E-state index contributed by atoms with van der Waals surface area (Å²) in [5.41, 5.74) is 8.03. The molecule has 0 aliphatic rings. The van der Waals surface area contributed by atoms with Crippen LogP contribution in [0.2, 0.25) is 0 Å². The van der Waals surface area contributed by atoms with Crippen molar-refractivity contribution in [1.29, 1.82) is 0 Å². The van der Waals surface area contributed by atoms with Crippen molar-refractivity contribution in [2.45, 2.75) is 0 Å². The Kier molecular flexibility index (Phi) is 5.17. The molecule has 0 aliphatic carbocycles. The second kappa shape index (κ2) is 9.49. The number of hydrogen-bond donors (Lipinski definition) is 0. The molecule has 0 saturated heterocycles. The molecule has 0 atom stereocenters. The molecule has 0 aliphatic heterocycles. The summed E-state index contributed by atoms with van der Waals surface area (Å²) < 4.78 is 7.59. The van der Waals surface area contributed by atoms with E-state index in [0.29, 0.717) is 0 Å². The minimum absolute atomic E-state index is 1.02. The maximum absolute atomic E-state index is 5.34. The second-order valence-corrected chi connectivity index (χ2v) is 14.5. The van der Waals surface area contributed by atoms with E-state index in [0.717, 1.165) is 22.4 Å². The molecule has 0 N–H and O–H groups in total. The molecule has 4 heterocycles. The predicted octanol–water partition coefficient (Wildman–Crippen LogP) is 12.9. The van der Waals surface area contributed by atoms with Gasteiger partial charge in [-0.3, -0.25) is 4.40 Å². The minimum atomic E-state index is 1.02. The van der Waals surface area contributed by atoms with Gasteiger partial charge in [0.05, 0.1) is 21.4 Å². The first-order valence-corrected chi connectivity index (χ1v) is 17.5. The Morgan fingerprint density at radius 3 is 1.94 bits per heavy atom. The van der Waals surface area contributed by atoms with Crippen molar-refractivity contribution < 1.29 is 0 Å². The van der Waals surface area contributed by atoms with E-state index in [9.17, 15) is 0 Å². The van der Waals surface area contributed by atoms with Crippen LogP contribution in [0, 0.1) is 0 Å². The van der Waals surface area contributed by atoms with E-state index >= 15 is 0 Å². The molecule has 2 nitrogen and oxygen atoms in total. The summed E-state index contributed by atoms with van der Waals surface area (Å²) >= 11 is 3.73. The van der Waals surface area contributed by atoms with Gasteiger partial charge in [-0.05, 0) is 74.6 Å². The van der Waals surface area contributed by atoms with Gasteiger partial charge in [0.1, 0.15) is 0 Å². The molecule has 11 rings (SSSR count). The van der Waals surface area contributed by atoms with E-state index in [-0.39, 0.29) is 0 Å². The summed E-state index contributed by atoms with van der Waals surface area (Å²) in [5, 5.41) is 10.2. The Balaban J connectivity index is 1.19. The SMILES string of the molecule is c1ccc2cc3c(cc2c1)nc1c2sc4cc5ccccc5cc4c2cc(-c2ccc(-c4cccc5c4sc4ccccc45)cc2)n31. The van der Waals surface area contributed by atoms with Crippen LogP contribution in [-0.2, 0) is 0 Å². The Labute approximate surface area is 277 Å². The molecule has 7 aromatic carbocycles. The maximum Gasteiger partial charge on any atom is 0.156 e. The summed E-state index contributed by atoms with van der Waals surface area (Å²) in [6, 6.07) is 53.5. The van der Waals surface area contributed by atoms with Crippen molar-refractivity contribution in [2.75, 3.05) is 0 Å². The normalized spacial score (nSPS) is 12.3. The van der Waals surface area contributed by atoms with Crippen LogP contribution in [0.5, 0.6) is 0 Å². The van der Waals surface area contributed by atoms with Crippen LogP contribution in [0.4, 0.5) is 0 Å². The highest BCUT2D eigenvalue weighted by Gasteiger charge is 2.19. The number of aromatic nitrogens is 2. The Hall–Kier alpha value is -5.55. The zero-order valence-corrected chi connectivity index (χ0v) is 26.7. The lowest BCUT2D eigenvalue weighted by molar-refractivity contribution is 1.25. The van der Waals surface area contributed by atoms with Gasteiger partial charge in [-0.25, -0.2) is 4.98 Å². The standard InChI is InChI=1S/C43H24N2S2/c1-4-11-30-23-40-34(20-27(30)8-1)35-24-37(45-38-22-29-10-3-2-9-28(29)21-36(38)44-43(45)42(35)47-40)26-18-16-25(17-19-26)31-13-7-14-33-32-12-5-6-15-39(32)46-41(31)33/h1-24H. The molecule has 0 saturated carbocycles. The van der Waals surface area contributed by atoms with Gasteiger partial charge in [0.15, 0.2) is 5.65 Å². The average Bonchev–Trinajstić information content (AvgIpc) is 3.80. The van der Waals surface area contributed by atoms with Crippen molar-refractivity contribution in [1.82, 2.24) is 9.38 Å². The summed E-state index contributed by atoms with van der Waals surface area (Å²) in [5.74, 6) is 0. The van der Waals surface area contributed by atoms with Gasteiger partial charge in [-0.1, -0.05) is 109 Å². The van der Waals surface area contributed by atoms with Gasteiger partial charge in [0.2, 0.25) is 0 Å². The molecule has 0 radical (unpaired) electrons. The van der Waals surface area contributed by atoms with Crippen LogP contribution >= 0.6 is 22.7 Å². The largest absolute Gasteiger partial charge is 0.291 e. The number of hydrogen-bond acceptors (Lipinski definition) is 3. The fraction of sp³-hybridized carbons (Fsp3) is 0. The zero-order valence-electron chi connectivity index (χ0n) is 25.1. The van der Waals surface area contributed by atoms with Gasteiger partial charge in [-0.2, -0.15) is 0 Å². The third kappa shape index (κ3) is 3.68. The topological polar surface area (TPSA) is 17.3 Å². The Bertz CT molecular complexity index is 3070. The van der Waals surface area contributed by atoms with E-state index in [2.05, 4.69) is 150 Å². The molecule has 47 heavy (non-hydrogen) atoms. The van der Waals surface area contributed by atoms with E-state index in [4.69, 9.17) is 4.98 Å². The van der Waals surface area contributed by atoms with Gasteiger partial charge in [-0.15, -0.1) is 22.7 Å². The van der Waals surface area contributed by atoms with Crippen molar-refractivity contribution in [3.63, 3.8) is 0 Å². The van der Waals surface area contributed by atoms with Crippen LogP contribution in [0.15, 0.2) is 146 Å². The summed E-state index contributed by atoms with van der Waals surface area (Å²) in [7, 11) is 0. The van der Waals surface area contributed by atoms with Crippen LogP contribution in [0.1, 0.15) is 0 Å². The molecule has 218 valence electrons. The smallest absolute Gasteiger partial charge is 0.156 e. The summed E-state index contributed by atoms with van der Waals surface area (Å²) in [6.07, 6.45) is 0. The zero-order chi connectivity index (χ0) is 30.6. The van der Waals surface area contributed by atoms with Gasteiger partial charge in [0.25, 0.3) is 0 Å². The Morgan fingerprint density at radius 2 is 1.11 bits per heavy atom. The molecule has 0 spiro atoms. The molecular formula is C43H24N2S2. The predicted molar refractivity (Wildman–Crippen MR) is 204 cm³/mol. The Morgan fingerprint density at radius 1 is 0.447 bits per heavy atom. The molecule has 0 amide bonds. The lowest BCUT2D eigenvalue weighted by Gasteiger charge is -2.11. The number of fused-ring (bicyclic) bond motifs is 12. The number of imidazole rings is 1. The van der Waals surface area contributed by atoms with Crippen molar-refractivity contribution in [3.8, 4) is 22.4 Å². The fourth-order valence-corrected chi connectivity index (χ4v) is 9.91. The van der Waals surface area contributed by atoms with Crippen LogP contribution in [-0.4, -0.2) is 9.38 Å². The lowest BCUT2D eigenvalue weighted by Crippen LogP contribution is -1.93. The molecule has 0 bridgehead atoms. The third-order valence-electron chi connectivity index (χ3n) is 9.74. The molecule has 4 aromatic heterocycles. The number of nitrogens with zero attached hydrogens (tertiary/aromatic N) is 2. The van der Waals surface area contributed by atoms with Crippen molar-refractivity contribution in [2.24, 2.45) is 0 Å². The maximum atomic E-state index is 5.34. The van der Waals surface area contributed by atoms with E-state index in [1.54, 1.807) is 0 Å². The highest BCUT2D eigenvalue weighted by molar-refractivity contribution is 7.27. The first-order valence-electron chi connectivity index (χ1n) is 15.9. The van der Waals surface area contributed by atoms with E-state index in [1.807, 2.05) is 22.7 Å². The monoisotopic (exact) mass is 632 g/mol. The minimum Gasteiger partial charge on any atom is -0.291 e. The average molecular weight is 633 g/mol. The highest BCUT2D eigenvalue weighted by atomic mass is 32.1. The molecule has 0 fully saturated rings. The molecule has 11 aromatic rings. The number of rotatable bonds is 2. The van der Waals surface area contributed by atoms with Crippen LogP contribution in [0.25, 0.3) is 101 Å². The number of benzene rings is 7. The van der Waals surface area contributed by atoms with E-state index < -0.39 is 0 Å². The van der Waals surface area contributed by atoms with Crippen molar-refractivity contribution in [3.05, 3.63) is 146 Å². The fourth-order valence-electron chi connectivity index (χ4n) is 7.48. The molecule has 4 heteroatoms. The number of pyridine rings is 1. The molecule has 0 unspecified atom stereocenters. The second-order valence-electron chi connectivity index (χ2n) is 12.4. The highest BCUT2D eigenvalue weighted by Crippen LogP contribution is 2.44. The quantitative estimate of drug-likeness (QED) is 0.185. The summed E-state index contributed by atoms with van der Waals surface area (Å²) in [4.78, 5) is 5.34. The first kappa shape index (κ1) is 25.6. The summed E-state index contributed by atoms with van der Waals surface area (Å²) in [6.45, 7) is 0. The first-order chi connectivity index (χ1) is 23.3.